The molecule has 0 aliphatic heterocycles. The molecule has 94 valence electrons. The zero-order valence-corrected chi connectivity index (χ0v) is 9.41. The van der Waals surface area contributed by atoms with Gasteiger partial charge in [-0.05, 0) is 18.6 Å². The molecule has 0 aliphatic rings. The van der Waals surface area contributed by atoms with E-state index in [0.29, 0.717) is 0 Å². The first kappa shape index (κ1) is 14.0. The summed E-state index contributed by atoms with van der Waals surface area (Å²) in [5.41, 5.74) is -0.264. The number of carbonyl (C=O) groups is 1. The summed E-state index contributed by atoms with van der Waals surface area (Å²) in [5, 5.41) is -0.216. The van der Waals surface area contributed by atoms with Crippen LogP contribution in [0.25, 0.3) is 0 Å². The van der Waals surface area contributed by atoms with Gasteiger partial charge in [0.15, 0.2) is 11.6 Å². The summed E-state index contributed by atoms with van der Waals surface area (Å²) in [7, 11) is 0. The lowest BCUT2D eigenvalue weighted by Gasteiger charge is -2.06. The molecule has 0 bridgehead atoms. The number of hydrogen-bond acceptors (Lipinski definition) is 1. The van der Waals surface area contributed by atoms with Crippen LogP contribution in [0.4, 0.5) is 17.6 Å². The van der Waals surface area contributed by atoms with Gasteiger partial charge in [0, 0.05) is 12.8 Å². The average molecular weight is 269 g/mol. The first-order valence-electron chi connectivity index (χ1n) is 4.85. The highest BCUT2D eigenvalue weighted by Gasteiger charge is 2.27. The second kappa shape index (κ2) is 5.49. The molecule has 0 amide bonds. The van der Waals surface area contributed by atoms with E-state index in [1.165, 1.54) is 18.2 Å². The molecular formula is C11H9ClF4O. The van der Waals surface area contributed by atoms with Crippen molar-refractivity contribution in [1.29, 1.82) is 0 Å². The summed E-state index contributed by atoms with van der Waals surface area (Å²) < 4.78 is 48.9. The minimum Gasteiger partial charge on any atom is -0.294 e. The number of Topliss-reactive ketones (excluding diaryl/α,β-unsaturated/α-hetero) is 1. The molecule has 6 heteroatoms. The summed E-state index contributed by atoms with van der Waals surface area (Å²) in [5.74, 6) is -1.56. The molecule has 0 atom stereocenters. The van der Waals surface area contributed by atoms with Gasteiger partial charge in [-0.25, -0.2) is 4.39 Å². The predicted octanol–water partition coefficient (Wildman–Crippen LogP) is 4.39. The Kier molecular flexibility index (Phi) is 4.51. The average Bonchev–Trinajstić information content (AvgIpc) is 2.20. The number of alkyl halides is 3. The van der Waals surface area contributed by atoms with Crippen LogP contribution >= 0.6 is 11.6 Å². The first-order valence-corrected chi connectivity index (χ1v) is 5.23. The molecule has 0 heterocycles. The summed E-state index contributed by atoms with van der Waals surface area (Å²) in [6, 6.07) is 3.85. The predicted molar refractivity (Wildman–Crippen MR) is 55.6 cm³/mol. The minimum atomic E-state index is -4.30. The molecule has 0 saturated heterocycles. The van der Waals surface area contributed by atoms with Crippen molar-refractivity contribution in [3.63, 3.8) is 0 Å². The maximum atomic E-state index is 13.3. The van der Waals surface area contributed by atoms with Crippen LogP contribution in [0.3, 0.4) is 0 Å². The summed E-state index contributed by atoms with van der Waals surface area (Å²) in [4.78, 5) is 11.4. The van der Waals surface area contributed by atoms with Gasteiger partial charge in [0.2, 0.25) is 0 Å². The Morgan fingerprint density at radius 2 is 1.94 bits per heavy atom. The highest BCUT2D eigenvalue weighted by Crippen LogP contribution is 2.24. The van der Waals surface area contributed by atoms with Crippen LogP contribution in [0.2, 0.25) is 5.02 Å². The maximum absolute atomic E-state index is 13.3. The second-order valence-corrected chi connectivity index (χ2v) is 3.90. The lowest BCUT2D eigenvalue weighted by molar-refractivity contribution is -0.135. The number of rotatable bonds is 4. The Labute approximate surface area is 100 Å². The van der Waals surface area contributed by atoms with E-state index in [-0.39, 0.29) is 23.4 Å². The van der Waals surface area contributed by atoms with Gasteiger partial charge in [-0.1, -0.05) is 17.7 Å². The minimum absolute atomic E-state index is 0.216. The van der Waals surface area contributed by atoms with Crippen LogP contribution in [-0.2, 0) is 0 Å². The molecule has 0 unspecified atom stereocenters. The molecule has 1 aromatic carbocycles. The topological polar surface area (TPSA) is 17.1 Å². The van der Waals surface area contributed by atoms with E-state index in [2.05, 4.69) is 0 Å². The van der Waals surface area contributed by atoms with E-state index in [1.807, 2.05) is 0 Å². The molecule has 1 nitrogen and oxygen atoms in total. The zero-order chi connectivity index (χ0) is 13.1. The molecule has 17 heavy (non-hydrogen) atoms. The van der Waals surface area contributed by atoms with Gasteiger partial charge in [0.1, 0.15) is 0 Å². The Morgan fingerprint density at radius 1 is 1.29 bits per heavy atom. The van der Waals surface area contributed by atoms with Crippen molar-refractivity contribution < 1.29 is 22.4 Å². The SMILES string of the molecule is O=C(CCCC(F)(F)F)c1cccc(Cl)c1F. The molecule has 0 fully saturated rings. The molecule has 0 aromatic heterocycles. The Bertz CT molecular complexity index is 414. The molecule has 0 aliphatic carbocycles. The van der Waals surface area contributed by atoms with Crippen molar-refractivity contribution in [3.05, 3.63) is 34.6 Å². The van der Waals surface area contributed by atoms with Crippen LogP contribution in [0.15, 0.2) is 18.2 Å². The summed E-state index contributed by atoms with van der Waals surface area (Å²) in [6.07, 6.45) is -6.06. The highest BCUT2D eigenvalue weighted by molar-refractivity contribution is 6.31. The van der Waals surface area contributed by atoms with Crippen molar-refractivity contribution in [3.8, 4) is 0 Å². The third kappa shape index (κ3) is 4.34. The normalized spacial score (nSPS) is 11.6. The quantitative estimate of drug-likeness (QED) is 0.584. The van der Waals surface area contributed by atoms with E-state index in [9.17, 15) is 22.4 Å². The van der Waals surface area contributed by atoms with Crippen LogP contribution in [0.5, 0.6) is 0 Å². The monoisotopic (exact) mass is 268 g/mol. The highest BCUT2D eigenvalue weighted by atomic mass is 35.5. The smallest absolute Gasteiger partial charge is 0.294 e. The van der Waals surface area contributed by atoms with E-state index >= 15 is 0 Å². The van der Waals surface area contributed by atoms with Crippen LogP contribution in [0, 0.1) is 5.82 Å². The largest absolute Gasteiger partial charge is 0.389 e. The number of ketones is 1. The Hall–Kier alpha value is -1.10. The number of benzene rings is 1. The third-order valence-electron chi connectivity index (χ3n) is 2.12. The molecule has 0 radical (unpaired) electrons. The van der Waals surface area contributed by atoms with Gasteiger partial charge in [-0.2, -0.15) is 13.2 Å². The van der Waals surface area contributed by atoms with E-state index in [4.69, 9.17) is 11.6 Å². The van der Waals surface area contributed by atoms with Crippen molar-refractivity contribution in [1.82, 2.24) is 0 Å². The Morgan fingerprint density at radius 3 is 2.53 bits per heavy atom. The molecule has 1 aromatic rings. The van der Waals surface area contributed by atoms with Gasteiger partial charge in [-0.3, -0.25) is 4.79 Å². The van der Waals surface area contributed by atoms with Gasteiger partial charge in [-0.15, -0.1) is 0 Å². The Balaban J connectivity index is 2.62. The molecule has 0 N–H and O–H groups in total. The van der Waals surface area contributed by atoms with Crippen LogP contribution < -0.4 is 0 Å². The van der Waals surface area contributed by atoms with Gasteiger partial charge < -0.3 is 0 Å². The standard InChI is InChI=1S/C11H9ClF4O/c12-8-4-1-3-7(10(8)13)9(17)5-2-6-11(14,15)16/h1,3-4H,2,5-6H2. The zero-order valence-electron chi connectivity index (χ0n) is 8.65. The second-order valence-electron chi connectivity index (χ2n) is 3.49. The van der Waals surface area contributed by atoms with Crippen molar-refractivity contribution >= 4 is 17.4 Å². The van der Waals surface area contributed by atoms with Gasteiger partial charge >= 0.3 is 6.18 Å². The fourth-order valence-corrected chi connectivity index (χ4v) is 1.48. The van der Waals surface area contributed by atoms with E-state index in [0.717, 1.165) is 0 Å². The van der Waals surface area contributed by atoms with Crippen LogP contribution in [-0.4, -0.2) is 12.0 Å². The lowest BCUT2D eigenvalue weighted by atomic mass is 10.0. The van der Waals surface area contributed by atoms with E-state index in [1.54, 1.807) is 0 Å². The van der Waals surface area contributed by atoms with Gasteiger partial charge in [0.05, 0.1) is 10.6 Å². The van der Waals surface area contributed by atoms with Crippen molar-refractivity contribution in [2.24, 2.45) is 0 Å². The summed E-state index contributed by atoms with van der Waals surface area (Å²) in [6.45, 7) is 0. The first-order chi connectivity index (χ1) is 7.81. The molecule has 0 spiro atoms. The van der Waals surface area contributed by atoms with Gasteiger partial charge in [0.25, 0.3) is 0 Å². The van der Waals surface area contributed by atoms with Crippen LogP contribution in [0.1, 0.15) is 29.6 Å². The fraction of sp³-hybridized carbons (Fsp3) is 0.364. The third-order valence-corrected chi connectivity index (χ3v) is 2.41. The number of hydrogen-bond donors (Lipinski definition) is 0. The molecular weight excluding hydrogens is 260 g/mol. The number of carbonyl (C=O) groups excluding carboxylic acids is 1. The number of halogens is 5. The fourth-order valence-electron chi connectivity index (χ4n) is 1.30. The van der Waals surface area contributed by atoms with Crippen molar-refractivity contribution in [2.45, 2.75) is 25.4 Å². The maximum Gasteiger partial charge on any atom is 0.389 e. The van der Waals surface area contributed by atoms with Crippen molar-refractivity contribution in [2.75, 3.05) is 0 Å². The van der Waals surface area contributed by atoms with E-state index < -0.39 is 24.2 Å². The summed E-state index contributed by atoms with van der Waals surface area (Å²) >= 11 is 5.46. The molecule has 1 rings (SSSR count). The lowest BCUT2D eigenvalue weighted by Crippen LogP contribution is -2.09. The molecule has 0 saturated carbocycles.